The van der Waals surface area contributed by atoms with Gasteiger partial charge in [-0.05, 0) is 69.9 Å². The second-order valence-electron chi connectivity index (χ2n) is 13.5. The van der Waals surface area contributed by atoms with Crippen LogP contribution < -0.4 is 5.32 Å². The van der Waals surface area contributed by atoms with Crippen LogP contribution in [0.5, 0.6) is 5.75 Å². The van der Waals surface area contributed by atoms with Crippen molar-refractivity contribution in [3.8, 4) is 17.0 Å². The maximum atomic E-state index is 15.1. The first kappa shape index (κ1) is 35.5. The van der Waals surface area contributed by atoms with Gasteiger partial charge in [0.1, 0.15) is 28.7 Å². The fourth-order valence-electron chi connectivity index (χ4n) is 4.36. The summed E-state index contributed by atoms with van der Waals surface area (Å²) < 4.78 is 72.2. The zero-order chi connectivity index (χ0) is 33.1. The molecule has 246 valence electrons. The molecule has 1 saturated heterocycles. The molecule has 0 bridgehead atoms. The van der Waals surface area contributed by atoms with Crippen molar-refractivity contribution in [2.24, 2.45) is 0 Å². The van der Waals surface area contributed by atoms with E-state index in [9.17, 15) is 23.1 Å². The largest absolute Gasteiger partial charge is 0.507 e. The van der Waals surface area contributed by atoms with Crippen LogP contribution in [0.15, 0.2) is 18.2 Å². The quantitative estimate of drug-likeness (QED) is 0.166. The van der Waals surface area contributed by atoms with E-state index in [1.54, 1.807) is 31.7 Å². The number of carbonyl (C=O) groups is 1. The maximum Gasteiger partial charge on any atom is 0.416 e. The molecule has 0 radical (unpaired) electrons. The number of amides is 1. The summed E-state index contributed by atoms with van der Waals surface area (Å²) in [6, 6.07) is 2.13. The van der Waals surface area contributed by atoms with Gasteiger partial charge >= 0.3 is 12.3 Å². The van der Waals surface area contributed by atoms with Crippen LogP contribution in [0.3, 0.4) is 0 Å². The number of anilines is 1. The lowest BCUT2D eigenvalue weighted by Crippen LogP contribution is -2.47. The van der Waals surface area contributed by atoms with E-state index in [4.69, 9.17) is 13.9 Å². The van der Waals surface area contributed by atoms with Crippen LogP contribution in [0.25, 0.3) is 11.3 Å². The summed E-state index contributed by atoms with van der Waals surface area (Å²) in [4.78, 5) is 14.2. The molecule has 3 rings (SSSR count). The van der Waals surface area contributed by atoms with Crippen LogP contribution in [-0.4, -0.2) is 72.6 Å². The molecular formula is C30H44F4N4O5Si. The van der Waals surface area contributed by atoms with E-state index in [-0.39, 0.29) is 30.0 Å². The minimum absolute atomic E-state index is 0.00553. The fraction of sp³-hybridized carbons (Fsp3) is 0.633. The Hall–Kier alpha value is -2.97. The van der Waals surface area contributed by atoms with Crippen LogP contribution in [0, 0.1) is 5.82 Å². The van der Waals surface area contributed by atoms with Gasteiger partial charge in [0.2, 0.25) is 0 Å². The minimum atomic E-state index is -4.85. The van der Waals surface area contributed by atoms with Crippen LogP contribution in [-0.2, 0) is 26.7 Å². The molecule has 2 N–H and O–H groups in total. The van der Waals surface area contributed by atoms with E-state index >= 15 is 4.39 Å². The van der Waals surface area contributed by atoms with Crippen molar-refractivity contribution in [1.29, 1.82) is 0 Å². The number of hydrogen-bond donors (Lipinski definition) is 2. The monoisotopic (exact) mass is 644 g/mol. The van der Waals surface area contributed by atoms with Gasteiger partial charge in [-0.1, -0.05) is 20.8 Å². The number of halogens is 4. The highest BCUT2D eigenvalue weighted by molar-refractivity contribution is 6.74. The third kappa shape index (κ3) is 9.51. The first-order valence-corrected chi connectivity index (χ1v) is 17.5. The Morgan fingerprint density at radius 1 is 1.09 bits per heavy atom. The van der Waals surface area contributed by atoms with Crippen LogP contribution in [0.1, 0.15) is 65.5 Å². The van der Waals surface area contributed by atoms with Gasteiger partial charge in [0.25, 0.3) is 0 Å². The zero-order valence-corrected chi connectivity index (χ0v) is 27.7. The summed E-state index contributed by atoms with van der Waals surface area (Å²) in [5, 5.41) is 21.9. The molecule has 2 heterocycles. The molecule has 14 heteroatoms. The highest BCUT2D eigenvalue weighted by Crippen LogP contribution is 2.40. The number of carbonyl (C=O) groups excluding carboxylic acids is 1. The van der Waals surface area contributed by atoms with E-state index in [2.05, 4.69) is 49.4 Å². The number of phenols is 1. The molecule has 2 aromatic rings. The molecule has 1 aliphatic heterocycles. The molecule has 0 aliphatic carbocycles. The number of likely N-dealkylation sites (tertiary alicyclic amines) is 1. The Morgan fingerprint density at radius 3 is 2.36 bits per heavy atom. The molecule has 1 fully saturated rings. The van der Waals surface area contributed by atoms with Gasteiger partial charge in [-0.15, -0.1) is 10.2 Å². The number of ether oxygens (including phenoxy) is 2. The van der Waals surface area contributed by atoms with Crippen LogP contribution in [0.4, 0.5) is 28.2 Å². The number of aromatic nitrogens is 2. The van der Waals surface area contributed by atoms with Crippen molar-refractivity contribution < 1.29 is 41.4 Å². The SMILES string of the molecule is CC(C)(C)OC(=O)N1CCC[C@@H](Nc2cc(COCCO[Si](C)(C)C(C)(C)C)c(-c3c(O)cc(C(F)(F)F)cc3F)nn2)C1. The summed E-state index contributed by atoms with van der Waals surface area (Å²) >= 11 is 0. The van der Waals surface area contributed by atoms with Crippen molar-refractivity contribution in [1.82, 2.24) is 15.1 Å². The number of piperidine rings is 1. The van der Waals surface area contributed by atoms with Crippen LogP contribution in [0.2, 0.25) is 18.1 Å². The normalized spacial score (nSPS) is 16.6. The fourth-order valence-corrected chi connectivity index (χ4v) is 5.39. The van der Waals surface area contributed by atoms with E-state index in [0.29, 0.717) is 43.2 Å². The van der Waals surface area contributed by atoms with Gasteiger partial charge < -0.3 is 29.2 Å². The predicted molar refractivity (Wildman–Crippen MR) is 161 cm³/mol. The Bertz CT molecular complexity index is 1290. The van der Waals surface area contributed by atoms with Crippen LogP contribution >= 0.6 is 0 Å². The molecule has 1 aliphatic rings. The number of rotatable bonds is 9. The number of nitrogens with one attached hydrogen (secondary N) is 1. The topological polar surface area (TPSA) is 106 Å². The van der Waals surface area contributed by atoms with Gasteiger partial charge in [-0.2, -0.15) is 13.2 Å². The van der Waals surface area contributed by atoms with Crippen molar-refractivity contribution in [3.05, 3.63) is 35.1 Å². The standard InChI is InChI=1S/C30H44F4N4O5Si/c1-28(2,3)43-27(40)38-11-9-10-21(17-38)35-24-14-19(18-41-12-13-42-44(7,8)29(4,5)6)26(37-36-24)25-22(31)15-20(16-23(25)39)30(32,33)34/h14-16,21,39H,9-13,17-18H2,1-8H3,(H,35,36)/t21-/m1/s1. The molecule has 0 spiro atoms. The summed E-state index contributed by atoms with van der Waals surface area (Å²) in [5.41, 5.74) is -2.33. The van der Waals surface area contributed by atoms with Crippen molar-refractivity contribution in [2.45, 2.75) is 96.9 Å². The van der Waals surface area contributed by atoms with E-state index in [1.807, 2.05) is 0 Å². The first-order valence-electron chi connectivity index (χ1n) is 14.6. The molecule has 44 heavy (non-hydrogen) atoms. The third-order valence-electron chi connectivity index (χ3n) is 7.69. The van der Waals surface area contributed by atoms with E-state index in [1.165, 1.54) is 0 Å². The third-order valence-corrected chi connectivity index (χ3v) is 12.2. The lowest BCUT2D eigenvalue weighted by molar-refractivity contribution is -0.137. The smallest absolute Gasteiger partial charge is 0.416 e. The van der Waals surface area contributed by atoms with Gasteiger partial charge in [-0.3, -0.25) is 0 Å². The highest BCUT2D eigenvalue weighted by atomic mass is 28.4. The number of phenolic OH excluding ortho intramolecular Hbond substituents is 1. The number of benzene rings is 1. The Labute approximate surface area is 257 Å². The number of nitrogens with zero attached hydrogens (tertiary/aromatic N) is 3. The summed E-state index contributed by atoms with van der Waals surface area (Å²) in [6.45, 7) is 17.3. The zero-order valence-electron chi connectivity index (χ0n) is 26.7. The lowest BCUT2D eigenvalue weighted by Gasteiger charge is -2.36. The second-order valence-corrected chi connectivity index (χ2v) is 18.3. The molecule has 1 aromatic carbocycles. The molecule has 1 aromatic heterocycles. The number of hydrogen-bond acceptors (Lipinski definition) is 8. The average molecular weight is 645 g/mol. The van der Waals surface area contributed by atoms with Gasteiger partial charge in [0.05, 0.1) is 30.9 Å². The predicted octanol–water partition coefficient (Wildman–Crippen LogP) is 7.36. The molecule has 0 unspecified atom stereocenters. The summed E-state index contributed by atoms with van der Waals surface area (Å²) in [7, 11) is -2.02. The van der Waals surface area contributed by atoms with Crippen molar-refractivity contribution >= 4 is 20.2 Å². The minimum Gasteiger partial charge on any atom is -0.507 e. The Kier molecular flexibility index (Phi) is 11.0. The molecule has 1 amide bonds. The Morgan fingerprint density at radius 2 is 1.77 bits per heavy atom. The molecule has 1 atom stereocenters. The van der Waals surface area contributed by atoms with E-state index in [0.717, 1.165) is 12.8 Å². The van der Waals surface area contributed by atoms with Gasteiger partial charge in [0.15, 0.2) is 8.32 Å². The number of alkyl halides is 3. The Balaban J connectivity index is 1.84. The second kappa shape index (κ2) is 13.6. The summed E-state index contributed by atoms with van der Waals surface area (Å²) in [6.07, 6.45) is -3.82. The number of aromatic hydroxyl groups is 1. The first-order chi connectivity index (χ1) is 20.2. The maximum absolute atomic E-state index is 15.1. The van der Waals surface area contributed by atoms with Crippen molar-refractivity contribution in [2.75, 3.05) is 31.6 Å². The molecule has 9 nitrogen and oxygen atoms in total. The summed E-state index contributed by atoms with van der Waals surface area (Å²) in [5.74, 6) is -1.92. The lowest BCUT2D eigenvalue weighted by atomic mass is 10.0. The van der Waals surface area contributed by atoms with Gasteiger partial charge in [-0.25, -0.2) is 9.18 Å². The average Bonchev–Trinajstić information content (AvgIpc) is 2.87. The van der Waals surface area contributed by atoms with E-state index < -0.39 is 48.9 Å². The van der Waals surface area contributed by atoms with Gasteiger partial charge in [0, 0.05) is 24.7 Å². The molecular weight excluding hydrogens is 600 g/mol. The highest BCUT2D eigenvalue weighted by Gasteiger charge is 2.37. The molecule has 0 saturated carbocycles. The van der Waals surface area contributed by atoms with Crippen molar-refractivity contribution in [3.63, 3.8) is 0 Å².